The van der Waals surface area contributed by atoms with Gasteiger partial charge in [-0.3, -0.25) is 9.10 Å². The van der Waals surface area contributed by atoms with Crippen LogP contribution in [0, 0.1) is 6.92 Å². The van der Waals surface area contributed by atoms with E-state index in [1.54, 1.807) is 30.3 Å². The van der Waals surface area contributed by atoms with Gasteiger partial charge in [0.2, 0.25) is 5.24 Å². The van der Waals surface area contributed by atoms with E-state index < -0.39 is 21.3 Å². The van der Waals surface area contributed by atoms with Gasteiger partial charge in [-0.2, -0.15) is 0 Å². The molecule has 0 saturated carbocycles. The zero-order chi connectivity index (χ0) is 17.2. The van der Waals surface area contributed by atoms with E-state index in [-0.39, 0.29) is 15.6 Å². The minimum Gasteiger partial charge on any atom is -0.279 e. The van der Waals surface area contributed by atoms with Gasteiger partial charge >= 0.3 is 0 Å². The van der Waals surface area contributed by atoms with Crippen molar-refractivity contribution in [1.29, 1.82) is 0 Å². The average molecular weight is 372 g/mol. The molecule has 2 aromatic carbocycles. The van der Waals surface area contributed by atoms with Gasteiger partial charge in [-0.25, -0.2) is 8.42 Å². The summed E-state index contributed by atoms with van der Waals surface area (Å²) >= 11 is 11.7. The molecule has 0 spiro atoms. The van der Waals surface area contributed by atoms with Gasteiger partial charge in [-0.15, -0.1) is 0 Å². The van der Waals surface area contributed by atoms with Gasteiger partial charge in [0.1, 0.15) is 6.04 Å². The second kappa shape index (κ2) is 6.91. The Labute approximate surface area is 145 Å². The zero-order valence-electron chi connectivity index (χ0n) is 12.5. The van der Waals surface area contributed by atoms with Gasteiger partial charge in [-0.1, -0.05) is 41.4 Å². The number of hydrogen-bond acceptors (Lipinski definition) is 3. The summed E-state index contributed by atoms with van der Waals surface area (Å²) in [7, 11) is -3.99. The second-order valence-corrected chi connectivity index (χ2v) is 7.64. The number of carbonyl (C=O) groups excluding carboxylic acids is 1. The van der Waals surface area contributed by atoms with Crippen molar-refractivity contribution in [3.05, 3.63) is 59.1 Å². The molecule has 122 valence electrons. The number of anilines is 1. The Morgan fingerprint density at radius 2 is 1.65 bits per heavy atom. The van der Waals surface area contributed by atoms with Crippen molar-refractivity contribution >= 4 is 44.2 Å². The van der Waals surface area contributed by atoms with Crippen LogP contribution in [0.2, 0.25) is 5.02 Å². The van der Waals surface area contributed by atoms with Crippen molar-refractivity contribution in [2.24, 2.45) is 0 Å². The Hall–Kier alpha value is -1.56. The highest BCUT2D eigenvalue weighted by atomic mass is 35.5. The van der Waals surface area contributed by atoms with Crippen molar-refractivity contribution in [2.75, 3.05) is 4.31 Å². The molecule has 0 aliphatic carbocycles. The summed E-state index contributed by atoms with van der Waals surface area (Å²) in [5, 5.41) is -0.575. The maximum absolute atomic E-state index is 13.0. The van der Waals surface area contributed by atoms with Gasteiger partial charge in [0.15, 0.2) is 0 Å². The molecule has 0 N–H and O–H groups in total. The summed E-state index contributed by atoms with van der Waals surface area (Å²) in [5.41, 5.74) is 1.13. The fraction of sp³-hybridized carbons (Fsp3) is 0.188. The van der Waals surface area contributed by atoms with Crippen molar-refractivity contribution in [3.63, 3.8) is 0 Å². The first-order chi connectivity index (χ1) is 10.7. The van der Waals surface area contributed by atoms with Crippen LogP contribution >= 0.6 is 23.2 Å². The van der Waals surface area contributed by atoms with E-state index in [1.807, 2.05) is 6.92 Å². The third-order valence-electron chi connectivity index (χ3n) is 3.35. The van der Waals surface area contributed by atoms with Gasteiger partial charge in [-0.05, 0) is 49.7 Å². The monoisotopic (exact) mass is 371 g/mol. The van der Waals surface area contributed by atoms with Crippen LogP contribution in [0.4, 0.5) is 5.69 Å². The number of rotatable bonds is 5. The summed E-state index contributed by atoms with van der Waals surface area (Å²) in [4.78, 5) is 11.7. The van der Waals surface area contributed by atoms with E-state index in [4.69, 9.17) is 23.2 Å². The number of benzene rings is 2. The molecule has 0 aliphatic rings. The smallest absolute Gasteiger partial charge is 0.265 e. The Balaban J connectivity index is 2.64. The molecular weight excluding hydrogens is 357 g/mol. The van der Waals surface area contributed by atoms with Gasteiger partial charge in [0.25, 0.3) is 10.0 Å². The molecule has 0 bridgehead atoms. The predicted octanol–water partition coefficient (Wildman–Crippen LogP) is 4.00. The van der Waals surface area contributed by atoms with Crippen LogP contribution < -0.4 is 4.31 Å². The quantitative estimate of drug-likeness (QED) is 0.746. The topological polar surface area (TPSA) is 54.5 Å². The highest BCUT2D eigenvalue weighted by Crippen LogP contribution is 2.32. The summed E-state index contributed by atoms with van der Waals surface area (Å²) in [6.45, 7) is 3.28. The maximum Gasteiger partial charge on any atom is 0.265 e. The van der Waals surface area contributed by atoms with Gasteiger partial charge in [0, 0.05) is 0 Å². The first kappa shape index (κ1) is 17.8. The molecule has 0 aliphatic heterocycles. The van der Waals surface area contributed by atoms with Crippen LogP contribution in [-0.4, -0.2) is 19.7 Å². The number of hydrogen-bond donors (Lipinski definition) is 0. The number of aryl methyl sites for hydroxylation is 1. The van der Waals surface area contributed by atoms with E-state index in [1.165, 1.54) is 25.1 Å². The highest BCUT2D eigenvalue weighted by Gasteiger charge is 2.33. The molecular formula is C16H15Cl2NO3S. The highest BCUT2D eigenvalue weighted by molar-refractivity contribution is 7.93. The van der Waals surface area contributed by atoms with Crippen LogP contribution in [0.5, 0.6) is 0 Å². The molecule has 0 heterocycles. The van der Waals surface area contributed by atoms with Crippen molar-refractivity contribution in [2.45, 2.75) is 24.8 Å². The summed E-state index contributed by atoms with van der Waals surface area (Å²) in [6, 6.07) is 11.7. The minimum atomic E-state index is -3.99. The normalized spacial score (nSPS) is 12.7. The van der Waals surface area contributed by atoms with Crippen LogP contribution in [0.3, 0.4) is 0 Å². The lowest BCUT2D eigenvalue weighted by Gasteiger charge is -2.29. The van der Waals surface area contributed by atoms with Crippen LogP contribution in [-0.2, 0) is 14.8 Å². The molecule has 23 heavy (non-hydrogen) atoms. The first-order valence-electron chi connectivity index (χ1n) is 6.80. The summed E-state index contributed by atoms with van der Waals surface area (Å²) < 4.78 is 27.0. The van der Waals surface area contributed by atoms with Gasteiger partial charge < -0.3 is 0 Å². The number of halogens is 2. The van der Waals surface area contributed by atoms with Gasteiger partial charge in [0.05, 0.1) is 15.6 Å². The number of para-hydroxylation sites is 1. The lowest BCUT2D eigenvalue weighted by Crippen LogP contribution is -2.42. The van der Waals surface area contributed by atoms with E-state index in [9.17, 15) is 13.2 Å². The summed E-state index contributed by atoms with van der Waals surface area (Å²) in [6.07, 6.45) is 0. The second-order valence-electron chi connectivity index (χ2n) is 5.05. The minimum absolute atomic E-state index is 0.0628. The molecule has 2 aromatic rings. The molecule has 0 saturated heterocycles. The molecule has 1 atom stereocenters. The molecule has 7 heteroatoms. The summed E-state index contributed by atoms with van der Waals surface area (Å²) in [5.74, 6) is 0. The SMILES string of the molecule is Cc1ccc(S(=O)(=O)N(c2ccccc2Cl)C(C)C(=O)Cl)cc1. The molecule has 0 radical (unpaired) electrons. The number of sulfonamides is 1. The zero-order valence-corrected chi connectivity index (χ0v) is 14.9. The number of carbonyl (C=O) groups is 1. The molecule has 0 amide bonds. The fourth-order valence-electron chi connectivity index (χ4n) is 2.09. The van der Waals surface area contributed by atoms with Crippen LogP contribution in [0.1, 0.15) is 12.5 Å². The van der Waals surface area contributed by atoms with Crippen LogP contribution in [0.25, 0.3) is 0 Å². The first-order valence-corrected chi connectivity index (χ1v) is 8.99. The third kappa shape index (κ3) is 3.68. The predicted molar refractivity (Wildman–Crippen MR) is 92.6 cm³/mol. The van der Waals surface area contributed by atoms with E-state index >= 15 is 0 Å². The van der Waals surface area contributed by atoms with E-state index in [0.29, 0.717) is 0 Å². The largest absolute Gasteiger partial charge is 0.279 e. The fourth-order valence-corrected chi connectivity index (χ4v) is 4.16. The van der Waals surface area contributed by atoms with Crippen LogP contribution in [0.15, 0.2) is 53.4 Å². The maximum atomic E-state index is 13.0. The Morgan fingerprint density at radius 1 is 1.09 bits per heavy atom. The van der Waals surface area contributed by atoms with Crippen molar-refractivity contribution < 1.29 is 13.2 Å². The van der Waals surface area contributed by atoms with E-state index in [0.717, 1.165) is 9.87 Å². The molecule has 1 unspecified atom stereocenters. The average Bonchev–Trinajstić information content (AvgIpc) is 2.49. The molecule has 2 rings (SSSR count). The Kier molecular flexibility index (Phi) is 5.34. The standard InChI is InChI=1S/C16H15Cl2NO3S/c1-11-7-9-13(10-8-11)23(21,22)19(12(2)16(18)20)15-6-4-3-5-14(15)17/h3-10,12H,1-2H3. The number of nitrogens with zero attached hydrogens (tertiary/aromatic N) is 1. The Bertz CT molecular complexity index is 819. The molecule has 0 fully saturated rings. The lowest BCUT2D eigenvalue weighted by molar-refractivity contribution is -0.112. The van der Waals surface area contributed by atoms with E-state index in [2.05, 4.69) is 0 Å². The van der Waals surface area contributed by atoms with Crippen molar-refractivity contribution in [3.8, 4) is 0 Å². The third-order valence-corrected chi connectivity index (χ3v) is 5.88. The Morgan fingerprint density at radius 3 is 2.17 bits per heavy atom. The lowest BCUT2D eigenvalue weighted by atomic mass is 10.2. The van der Waals surface area contributed by atoms with Crippen molar-refractivity contribution in [1.82, 2.24) is 0 Å². The molecule has 4 nitrogen and oxygen atoms in total. The molecule has 0 aromatic heterocycles.